The van der Waals surface area contributed by atoms with E-state index >= 15 is 0 Å². The first kappa shape index (κ1) is 10.1. The van der Waals surface area contributed by atoms with Crippen LogP contribution < -0.4 is 0 Å². The number of thiazole rings is 1. The third kappa shape index (κ3) is 1.69. The Bertz CT molecular complexity index is 326. The molecule has 0 spiro atoms. The number of aliphatic hydroxyl groups is 1. The molecule has 78 valence electrons. The Balaban J connectivity index is 2.18. The second-order valence-electron chi connectivity index (χ2n) is 3.82. The van der Waals surface area contributed by atoms with Crippen LogP contribution in [0.15, 0.2) is 6.20 Å². The van der Waals surface area contributed by atoms with Crippen LogP contribution in [-0.2, 0) is 10.3 Å². The van der Waals surface area contributed by atoms with Crippen molar-refractivity contribution in [1.82, 2.24) is 4.98 Å². The van der Waals surface area contributed by atoms with E-state index in [-0.39, 0.29) is 6.10 Å². The Morgan fingerprint density at radius 2 is 2.57 bits per heavy atom. The van der Waals surface area contributed by atoms with Crippen molar-refractivity contribution in [3.05, 3.63) is 16.1 Å². The molecule has 0 amide bonds. The third-order valence-electron chi connectivity index (χ3n) is 2.66. The molecular formula is C10H15NO2S. The van der Waals surface area contributed by atoms with Crippen molar-refractivity contribution < 1.29 is 9.84 Å². The molecule has 1 aromatic rings. The van der Waals surface area contributed by atoms with Crippen molar-refractivity contribution in [2.24, 2.45) is 0 Å². The largest absolute Gasteiger partial charge is 0.382 e. The number of aromatic nitrogens is 1. The number of hydrogen-bond acceptors (Lipinski definition) is 4. The van der Waals surface area contributed by atoms with Crippen molar-refractivity contribution in [2.75, 3.05) is 6.61 Å². The van der Waals surface area contributed by atoms with Crippen LogP contribution in [0.3, 0.4) is 0 Å². The minimum Gasteiger partial charge on any atom is -0.382 e. The van der Waals surface area contributed by atoms with Crippen molar-refractivity contribution in [3.63, 3.8) is 0 Å². The van der Waals surface area contributed by atoms with E-state index in [2.05, 4.69) is 11.9 Å². The first-order valence-corrected chi connectivity index (χ1v) is 5.72. The van der Waals surface area contributed by atoms with Crippen LogP contribution in [-0.4, -0.2) is 22.8 Å². The molecule has 2 heterocycles. The van der Waals surface area contributed by atoms with Crippen LogP contribution in [0.25, 0.3) is 0 Å². The van der Waals surface area contributed by atoms with Gasteiger partial charge in [-0.15, -0.1) is 11.3 Å². The first-order valence-electron chi connectivity index (χ1n) is 4.91. The minimum atomic E-state index is -0.785. The smallest absolute Gasteiger partial charge is 0.126 e. The molecule has 2 unspecified atom stereocenters. The first-order chi connectivity index (χ1) is 6.64. The molecule has 2 atom stereocenters. The summed E-state index contributed by atoms with van der Waals surface area (Å²) in [6, 6.07) is 0. The highest BCUT2D eigenvalue weighted by molar-refractivity contribution is 7.11. The Labute approximate surface area is 87.7 Å². The van der Waals surface area contributed by atoms with Gasteiger partial charge in [-0.3, -0.25) is 0 Å². The third-order valence-corrected chi connectivity index (χ3v) is 3.76. The van der Waals surface area contributed by atoms with E-state index in [1.807, 2.05) is 6.92 Å². The molecule has 14 heavy (non-hydrogen) atoms. The Hall–Kier alpha value is -0.450. The predicted molar refractivity (Wildman–Crippen MR) is 55.4 cm³/mol. The number of aryl methyl sites for hydroxylation is 1. The van der Waals surface area contributed by atoms with Crippen LogP contribution in [0.4, 0.5) is 0 Å². The molecule has 4 heteroatoms. The van der Waals surface area contributed by atoms with Gasteiger partial charge < -0.3 is 9.84 Å². The van der Waals surface area contributed by atoms with Gasteiger partial charge in [-0.05, 0) is 13.3 Å². The van der Waals surface area contributed by atoms with Gasteiger partial charge in [0.2, 0.25) is 0 Å². The quantitative estimate of drug-likeness (QED) is 0.815. The van der Waals surface area contributed by atoms with E-state index in [0.717, 1.165) is 16.3 Å². The second-order valence-corrected chi connectivity index (χ2v) is 5.06. The van der Waals surface area contributed by atoms with Gasteiger partial charge in [0.25, 0.3) is 0 Å². The summed E-state index contributed by atoms with van der Waals surface area (Å²) < 4.78 is 5.51. The molecule has 0 saturated carbocycles. The lowest BCUT2D eigenvalue weighted by atomic mass is 9.98. The summed E-state index contributed by atoms with van der Waals surface area (Å²) in [5.41, 5.74) is -0.785. The summed E-state index contributed by atoms with van der Waals surface area (Å²) in [6.07, 6.45) is 3.62. The average molecular weight is 213 g/mol. The number of ether oxygens (including phenoxy) is 1. The van der Waals surface area contributed by atoms with Crippen LogP contribution >= 0.6 is 11.3 Å². The molecule has 0 aliphatic carbocycles. The molecule has 3 nitrogen and oxygen atoms in total. The molecule has 1 aliphatic heterocycles. The zero-order chi connectivity index (χ0) is 10.2. The minimum absolute atomic E-state index is 0.197. The lowest BCUT2D eigenvalue weighted by molar-refractivity contribution is 0.0207. The van der Waals surface area contributed by atoms with E-state index in [9.17, 15) is 5.11 Å². The van der Waals surface area contributed by atoms with Crippen LogP contribution in [0.2, 0.25) is 0 Å². The van der Waals surface area contributed by atoms with Gasteiger partial charge in [-0.1, -0.05) is 6.92 Å². The van der Waals surface area contributed by atoms with Gasteiger partial charge in [0.1, 0.15) is 5.60 Å². The zero-order valence-electron chi connectivity index (χ0n) is 8.49. The lowest BCUT2D eigenvalue weighted by Gasteiger charge is -2.17. The summed E-state index contributed by atoms with van der Waals surface area (Å²) in [7, 11) is 0. The molecule has 0 aromatic carbocycles. The number of nitrogens with zero attached hydrogens (tertiary/aromatic N) is 1. The Morgan fingerprint density at radius 1 is 1.79 bits per heavy atom. The van der Waals surface area contributed by atoms with E-state index in [0.29, 0.717) is 13.0 Å². The highest BCUT2D eigenvalue weighted by atomic mass is 32.1. The molecule has 1 N–H and O–H groups in total. The van der Waals surface area contributed by atoms with E-state index < -0.39 is 5.60 Å². The fourth-order valence-corrected chi connectivity index (χ4v) is 2.62. The number of rotatable bonds is 2. The predicted octanol–water partition coefficient (Wildman–Crippen LogP) is 1.84. The van der Waals surface area contributed by atoms with Gasteiger partial charge in [-0.2, -0.15) is 0 Å². The van der Waals surface area contributed by atoms with Crippen molar-refractivity contribution in [2.45, 2.75) is 38.4 Å². The maximum absolute atomic E-state index is 10.3. The summed E-state index contributed by atoms with van der Waals surface area (Å²) in [5.74, 6) is 0. The van der Waals surface area contributed by atoms with Crippen molar-refractivity contribution in [3.8, 4) is 0 Å². The summed E-state index contributed by atoms with van der Waals surface area (Å²) in [4.78, 5) is 5.10. The fourth-order valence-electron chi connectivity index (χ4n) is 1.76. The summed E-state index contributed by atoms with van der Waals surface area (Å²) in [6.45, 7) is 4.44. The van der Waals surface area contributed by atoms with E-state index in [4.69, 9.17) is 4.74 Å². The van der Waals surface area contributed by atoms with Crippen LogP contribution in [0.1, 0.15) is 29.7 Å². The van der Waals surface area contributed by atoms with Gasteiger partial charge in [0, 0.05) is 12.6 Å². The van der Waals surface area contributed by atoms with E-state index in [1.165, 1.54) is 0 Å². The molecule has 1 aromatic heterocycles. The van der Waals surface area contributed by atoms with Gasteiger partial charge in [0.15, 0.2) is 0 Å². The fraction of sp³-hybridized carbons (Fsp3) is 0.700. The normalized spacial score (nSPS) is 32.4. The van der Waals surface area contributed by atoms with Crippen molar-refractivity contribution >= 4 is 11.3 Å². The molecule has 1 fully saturated rings. The van der Waals surface area contributed by atoms with Gasteiger partial charge in [-0.25, -0.2) is 4.98 Å². The topological polar surface area (TPSA) is 42.4 Å². The SMILES string of the molecule is CCC1CC(O)(c2cnc(C)s2)CO1. The Morgan fingerprint density at radius 3 is 3.07 bits per heavy atom. The average Bonchev–Trinajstić information content (AvgIpc) is 2.73. The number of hydrogen-bond donors (Lipinski definition) is 1. The lowest BCUT2D eigenvalue weighted by Crippen LogP contribution is -2.24. The Kier molecular flexibility index (Phi) is 2.60. The maximum atomic E-state index is 10.3. The zero-order valence-corrected chi connectivity index (χ0v) is 9.30. The van der Waals surface area contributed by atoms with Crippen LogP contribution in [0.5, 0.6) is 0 Å². The molecule has 2 rings (SSSR count). The summed E-state index contributed by atoms with van der Waals surface area (Å²) >= 11 is 1.56. The van der Waals surface area contributed by atoms with Gasteiger partial charge in [0.05, 0.1) is 22.6 Å². The highest BCUT2D eigenvalue weighted by Gasteiger charge is 2.40. The monoisotopic (exact) mass is 213 g/mol. The van der Waals surface area contributed by atoms with Crippen molar-refractivity contribution in [1.29, 1.82) is 0 Å². The second kappa shape index (κ2) is 3.61. The molecule has 1 saturated heterocycles. The molecule has 1 aliphatic rings. The molecule has 0 bridgehead atoms. The molecule has 0 radical (unpaired) electrons. The van der Waals surface area contributed by atoms with Gasteiger partial charge >= 0.3 is 0 Å². The highest BCUT2D eigenvalue weighted by Crippen LogP contribution is 2.37. The van der Waals surface area contributed by atoms with Crippen LogP contribution in [0, 0.1) is 6.92 Å². The standard InChI is InChI=1S/C10H15NO2S/c1-3-8-4-10(12,6-13-8)9-5-11-7(2)14-9/h5,8,12H,3-4,6H2,1-2H3. The van der Waals surface area contributed by atoms with E-state index in [1.54, 1.807) is 17.5 Å². The summed E-state index contributed by atoms with van der Waals surface area (Å²) in [5, 5.41) is 11.3. The molecular weight excluding hydrogens is 198 g/mol. The maximum Gasteiger partial charge on any atom is 0.126 e.